The Labute approximate surface area is 116 Å². The first-order valence-corrected chi connectivity index (χ1v) is 7.38. The lowest BCUT2D eigenvalue weighted by Gasteiger charge is -2.13. The van der Waals surface area contributed by atoms with Crippen LogP contribution in [-0.4, -0.2) is 37.7 Å². The van der Waals surface area contributed by atoms with Crippen molar-refractivity contribution >= 4 is 0 Å². The van der Waals surface area contributed by atoms with E-state index in [1.165, 1.54) is 31.5 Å². The zero-order valence-electron chi connectivity index (χ0n) is 12.2. The van der Waals surface area contributed by atoms with Gasteiger partial charge < -0.3 is 19.4 Å². The fourth-order valence-corrected chi connectivity index (χ4v) is 2.45. The zero-order valence-corrected chi connectivity index (χ0v) is 12.2. The Hall–Kier alpha value is -0.840. The van der Waals surface area contributed by atoms with Gasteiger partial charge in [-0.15, -0.1) is 0 Å². The molecule has 1 aromatic heterocycles. The highest BCUT2D eigenvalue weighted by Gasteiger charge is 2.11. The van der Waals surface area contributed by atoms with Crippen LogP contribution in [0.4, 0.5) is 0 Å². The number of hydrogen-bond acceptors (Lipinski definition) is 4. The summed E-state index contributed by atoms with van der Waals surface area (Å²) in [6.45, 7) is 10.9. The third kappa shape index (κ3) is 4.64. The van der Waals surface area contributed by atoms with Gasteiger partial charge in [0.2, 0.25) is 0 Å². The van der Waals surface area contributed by atoms with Crippen molar-refractivity contribution in [2.24, 2.45) is 0 Å². The van der Waals surface area contributed by atoms with Gasteiger partial charge in [-0.05, 0) is 45.5 Å². The highest BCUT2D eigenvalue weighted by Crippen LogP contribution is 2.15. The topological polar surface area (TPSA) is 37.6 Å². The smallest absolute Gasteiger partial charge is 0.118 e. The summed E-state index contributed by atoms with van der Waals surface area (Å²) in [6, 6.07) is 2.11. The SMILES string of the molecule is CCNCc1cc(COCCN2CCCC2)c(C)o1. The van der Waals surface area contributed by atoms with Gasteiger partial charge in [-0.2, -0.15) is 0 Å². The van der Waals surface area contributed by atoms with Gasteiger partial charge in [-0.3, -0.25) is 0 Å². The third-order valence-corrected chi connectivity index (χ3v) is 3.63. The molecular weight excluding hydrogens is 240 g/mol. The molecule has 1 aliphatic rings. The van der Waals surface area contributed by atoms with Crippen LogP contribution in [0.1, 0.15) is 36.8 Å². The van der Waals surface area contributed by atoms with Crippen molar-refractivity contribution in [1.82, 2.24) is 10.2 Å². The molecule has 2 heterocycles. The molecule has 0 aromatic carbocycles. The van der Waals surface area contributed by atoms with E-state index < -0.39 is 0 Å². The van der Waals surface area contributed by atoms with E-state index in [-0.39, 0.29) is 0 Å². The molecule has 0 aliphatic carbocycles. The summed E-state index contributed by atoms with van der Waals surface area (Å²) in [5.74, 6) is 1.98. The van der Waals surface area contributed by atoms with Crippen LogP contribution in [0.2, 0.25) is 0 Å². The van der Waals surface area contributed by atoms with Crippen molar-refractivity contribution in [3.63, 3.8) is 0 Å². The number of likely N-dealkylation sites (tertiary alicyclic amines) is 1. The fraction of sp³-hybridized carbons (Fsp3) is 0.733. The molecule has 1 fully saturated rings. The minimum Gasteiger partial charge on any atom is -0.465 e. The van der Waals surface area contributed by atoms with E-state index in [1.807, 2.05) is 6.92 Å². The second-order valence-corrected chi connectivity index (χ2v) is 5.18. The number of aryl methyl sites for hydroxylation is 1. The minimum atomic E-state index is 0.662. The van der Waals surface area contributed by atoms with Gasteiger partial charge in [0.15, 0.2) is 0 Å². The van der Waals surface area contributed by atoms with Crippen molar-refractivity contribution in [1.29, 1.82) is 0 Å². The molecule has 19 heavy (non-hydrogen) atoms. The van der Waals surface area contributed by atoms with Gasteiger partial charge in [0.25, 0.3) is 0 Å². The Bertz CT molecular complexity index is 370. The number of ether oxygens (including phenoxy) is 1. The average Bonchev–Trinajstić information content (AvgIpc) is 3.02. The van der Waals surface area contributed by atoms with E-state index in [0.29, 0.717) is 6.61 Å². The fourth-order valence-electron chi connectivity index (χ4n) is 2.45. The molecule has 0 bridgehead atoms. The summed E-state index contributed by atoms with van der Waals surface area (Å²) in [7, 11) is 0. The van der Waals surface area contributed by atoms with Gasteiger partial charge in [0.1, 0.15) is 11.5 Å². The first-order chi connectivity index (χ1) is 9.29. The Morgan fingerprint density at radius 2 is 2.16 bits per heavy atom. The molecule has 108 valence electrons. The number of nitrogens with zero attached hydrogens (tertiary/aromatic N) is 1. The quantitative estimate of drug-likeness (QED) is 0.733. The van der Waals surface area contributed by atoms with E-state index in [9.17, 15) is 0 Å². The maximum absolute atomic E-state index is 5.76. The molecule has 1 aromatic rings. The Morgan fingerprint density at radius 3 is 2.89 bits per heavy atom. The molecule has 0 spiro atoms. The molecule has 0 radical (unpaired) electrons. The maximum atomic E-state index is 5.76. The summed E-state index contributed by atoms with van der Waals surface area (Å²) in [6.07, 6.45) is 2.68. The Balaban J connectivity index is 1.68. The van der Waals surface area contributed by atoms with Gasteiger partial charge >= 0.3 is 0 Å². The molecule has 1 aliphatic heterocycles. The van der Waals surface area contributed by atoms with Crippen LogP contribution in [0.3, 0.4) is 0 Å². The molecule has 0 saturated carbocycles. The summed E-state index contributed by atoms with van der Waals surface area (Å²) in [5, 5.41) is 3.27. The van der Waals surface area contributed by atoms with Crippen LogP contribution < -0.4 is 5.32 Å². The van der Waals surface area contributed by atoms with E-state index in [4.69, 9.17) is 9.15 Å². The monoisotopic (exact) mass is 266 g/mol. The molecular formula is C15H26N2O2. The Kier molecular flexibility index (Phi) is 5.89. The molecule has 0 unspecified atom stereocenters. The number of rotatable bonds is 8. The van der Waals surface area contributed by atoms with Crippen LogP contribution in [-0.2, 0) is 17.9 Å². The van der Waals surface area contributed by atoms with E-state index in [2.05, 4.69) is 23.2 Å². The van der Waals surface area contributed by atoms with Gasteiger partial charge in [0, 0.05) is 12.1 Å². The molecule has 1 N–H and O–H groups in total. The molecule has 4 heteroatoms. The van der Waals surface area contributed by atoms with Gasteiger partial charge in [-0.25, -0.2) is 0 Å². The van der Waals surface area contributed by atoms with Gasteiger partial charge in [-0.1, -0.05) is 6.92 Å². The lowest BCUT2D eigenvalue weighted by atomic mass is 10.2. The lowest BCUT2D eigenvalue weighted by molar-refractivity contribution is 0.0985. The highest BCUT2D eigenvalue weighted by atomic mass is 16.5. The number of nitrogens with one attached hydrogen (secondary N) is 1. The first-order valence-electron chi connectivity index (χ1n) is 7.38. The average molecular weight is 266 g/mol. The standard InChI is InChI=1S/C15H26N2O2/c1-3-16-11-15-10-14(13(2)19-15)12-18-9-8-17-6-4-5-7-17/h10,16H,3-9,11-12H2,1-2H3. The first kappa shape index (κ1) is 14.6. The summed E-state index contributed by atoms with van der Waals surface area (Å²) in [5.41, 5.74) is 1.18. The summed E-state index contributed by atoms with van der Waals surface area (Å²) >= 11 is 0. The molecule has 0 amide bonds. The summed E-state index contributed by atoms with van der Waals surface area (Å²) in [4.78, 5) is 2.47. The van der Waals surface area contributed by atoms with Crippen LogP contribution in [0.15, 0.2) is 10.5 Å². The molecule has 4 nitrogen and oxygen atoms in total. The molecule has 1 saturated heterocycles. The molecule has 2 rings (SSSR count). The van der Waals surface area contributed by atoms with Crippen molar-refractivity contribution in [3.8, 4) is 0 Å². The van der Waals surface area contributed by atoms with Gasteiger partial charge in [0.05, 0.1) is 19.8 Å². The van der Waals surface area contributed by atoms with Crippen molar-refractivity contribution < 1.29 is 9.15 Å². The Morgan fingerprint density at radius 1 is 1.37 bits per heavy atom. The van der Waals surface area contributed by atoms with Crippen molar-refractivity contribution in [3.05, 3.63) is 23.2 Å². The number of hydrogen-bond donors (Lipinski definition) is 1. The van der Waals surface area contributed by atoms with Crippen LogP contribution in [0.25, 0.3) is 0 Å². The predicted octanol–water partition coefficient (Wildman–Crippen LogP) is 2.31. The normalized spacial score (nSPS) is 16.3. The van der Waals surface area contributed by atoms with Crippen LogP contribution in [0, 0.1) is 6.92 Å². The second-order valence-electron chi connectivity index (χ2n) is 5.18. The lowest BCUT2D eigenvalue weighted by Crippen LogP contribution is -2.23. The highest BCUT2D eigenvalue weighted by molar-refractivity contribution is 5.19. The number of furan rings is 1. The van der Waals surface area contributed by atoms with E-state index >= 15 is 0 Å². The second kappa shape index (κ2) is 7.68. The minimum absolute atomic E-state index is 0.662. The third-order valence-electron chi connectivity index (χ3n) is 3.63. The van der Waals surface area contributed by atoms with Crippen LogP contribution in [0.5, 0.6) is 0 Å². The van der Waals surface area contributed by atoms with Crippen molar-refractivity contribution in [2.45, 2.75) is 39.8 Å². The van der Waals surface area contributed by atoms with E-state index in [1.54, 1.807) is 0 Å². The zero-order chi connectivity index (χ0) is 13.5. The summed E-state index contributed by atoms with van der Waals surface area (Å²) < 4.78 is 11.5. The van der Waals surface area contributed by atoms with Crippen molar-refractivity contribution in [2.75, 3.05) is 32.8 Å². The predicted molar refractivity (Wildman–Crippen MR) is 76.2 cm³/mol. The largest absolute Gasteiger partial charge is 0.465 e. The van der Waals surface area contributed by atoms with Crippen LogP contribution >= 0.6 is 0 Å². The van der Waals surface area contributed by atoms with E-state index in [0.717, 1.165) is 37.8 Å². The molecule has 0 atom stereocenters. The maximum Gasteiger partial charge on any atom is 0.118 e.